The van der Waals surface area contributed by atoms with Crippen LogP contribution in [-0.2, 0) is 4.74 Å². The second kappa shape index (κ2) is 5.74. The molecule has 1 aromatic carbocycles. The summed E-state index contributed by atoms with van der Waals surface area (Å²) in [5.41, 5.74) is 1.10. The molecule has 0 radical (unpaired) electrons. The molecule has 0 saturated carbocycles. The van der Waals surface area contributed by atoms with E-state index in [0.29, 0.717) is 12.1 Å². The van der Waals surface area contributed by atoms with Crippen molar-refractivity contribution in [3.8, 4) is 5.75 Å². The lowest BCUT2D eigenvalue weighted by molar-refractivity contribution is 0.0232. The van der Waals surface area contributed by atoms with Gasteiger partial charge in [0.15, 0.2) is 0 Å². The van der Waals surface area contributed by atoms with Crippen LogP contribution in [0.1, 0.15) is 19.8 Å². The minimum atomic E-state index is 0.346. The molecule has 0 aromatic heterocycles. The number of halogens is 1. The van der Waals surface area contributed by atoms with Gasteiger partial charge >= 0.3 is 0 Å². The Labute approximate surface area is 111 Å². The van der Waals surface area contributed by atoms with E-state index in [1.54, 1.807) is 7.11 Å². The number of hydrogen-bond acceptors (Lipinski definition) is 3. The van der Waals surface area contributed by atoms with Crippen molar-refractivity contribution in [3.05, 3.63) is 22.7 Å². The molecule has 1 aliphatic rings. The fourth-order valence-electron chi connectivity index (χ4n) is 2.11. The first-order valence-electron chi connectivity index (χ1n) is 5.90. The number of rotatable bonds is 3. The molecule has 0 amide bonds. The first-order valence-corrected chi connectivity index (χ1v) is 6.70. The molecule has 4 heteroatoms. The Morgan fingerprint density at radius 3 is 3.00 bits per heavy atom. The van der Waals surface area contributed by atoms with E-state index in [9.17, 15) is 0 Å². The summed E-state index contributed by atoms with van der Waals surface area (Å²) in [6.07, 6.45) is 2.46. The molecule has 2 unspecified atom stereocenters. The average molecular weight is 300 g/mol. The van der Waals surface area contributed by atoms with Gasteiger partial charge in [-0.25, -0.2) is 0 Å². The van der Waals surface area contributed by atoms with Gasteiger partial charge in [0.25, 0.3) is 0 Å². The first-order chi connectivity index (χ1) is 8.19. The number of ether oxygens (including phenoxy) is 2. The molecule has 0 spiro atoms. The molecular weight excluding hydrogens is 282 g/mol. The first kappa shape index (κ1) is 12.7. The molecule has 2 atom stereocenters. The molecule has 1 fully saturated rings. The predicted octanol–water partition coefficient (Wildman–Crippen LogP) is 3.44. The zero-order valence-electron chi connectivity index (χ0n) is 10.2. The summed E-state index contributed by atoms with van der Waals surface area (Å²) in [5.74, 6) is 0.857. The van der Waals surface area contributed by atoms with Crippen LogP contribution >= 0.6 is 15.9 Å². The maximum Gasteiger partial charge on any atom is 0.135 e. The Bertz CT molecular complexity index is 384. The fourth-order valence-corrected chi connectivity index (χ4v) is 2.52. The van der Waals surface area contributed by atoms with Crippen molar-refractivity contribution in [2.45, 2.75) is 31.9 Å². The molecule has 94 valence electrons. The van der Waals surface area contributed by atoms with Gasteiger partial charge in [-0.2, -0.15) is 0 Å². The van der Waals surface area contributed by atoms with E-state index in [1.165, 1.54) is 0 Å². The lowest BCUT2D eigenvalue weighted by Crippen LogP contribution is -2.32. The van der Waals surface area contributed by atoms with Crippen molar-refractivity contribution >= 4 is 21.6 Å². The van der Waals surface area contributed by atoms with Gasteiger partial charge in [0.1, 0.15) is 5.75 Å². The van der Waals surface area contributed by atoms with E-state index in [-0.39, 0.29) is 0 Å². The topological polar surface area (TPSA) is 30.5 Å². The van der Waals surface area contributed by atoms with Gasteiger partial charge in [-0.1, -0.05) is 0 Å². The average Bonchev–Trinajstić information content (AvgIpc) is 2.32. The van der Waals surface area contributed by atoms with Crippen molar-refractivity contribution in [1.82, 2.24) is 0 Å². The highest BCUT2D eigenvalue weighted by molar-refractivity contribution is 9.10. The summed E-state index contributed by atoms with van der Waals surface area (Å²) in [7, 11) is 1.68. The standard InChI is InChI=1S/C13H18BrNO2/c1-9-7-11(5-6-17-9)15-10-3-4-12(14)13(8-10)16-2/h3-4,8-9,11,15H,5-7H2,1-2H3. The number of anilines is 1. The number of methoxy groups -OCH3 is 1. The zero-order valence-corrected chi connectivity index (χ0v) is 11.8. The highest BCUT2D eigenvalue weighted by atomic mass is 79.9. The van der Waals surface area contributed by atoms with Crippen LogP contribution in [0.5, 0.6) is 5.75 Å². The van der Waals surface area contributed by atoms with Crippen LogP contribution in [0, 0.1) is 0 Å². The molecule has 1 N–H and O–H groups in total. The SMILES string of the molecule is COc1cc(NC2CCOC(C)C2)ccc1Br. The second-order valence-electron chi connectivity index (χ2n) is 4.40. The third-order valence-corrected chi connectivity index (χ3v) is 3.66. The quantitative estimate of drug-likeness (QED) is 0.927. The zero-order chi connectivity index (χ0) is 12.3. The largest absolute Gasteiger partial charge is 0.495 e. The number of benzene rings is 1. The van der Waals surface area contributed by atoms with Gasteiger partial charge in [-0.3, -0.25) is 0 Å². The molecule has 3 nitrogen and oxygen atoms in total. The van der Waals surface area contributed by atoms with Crippen LogP contribution in [0.25, 0.3) is 0 Å². The maximum atomic E-state index is 5.54. The summed E-state index contributed by atoms with van der Waals surface area (Å²) in [6.45, 7) is 2.96. The lowest BCUT2D eigenvalue weighted by atomic mass is 10.0. The Hall–Kier alpha value is -0.740. The van der Waals surface area contributed by atoms with Gasteiger partial charge in [-0.05, 0) is 47.8 Å². The second-order valence-corrected chi connectivity index (χ2v) is 5.25. The van der Waals surface area contributed by atoms with Crippen LogP contribution < -0.4 is 10.1 Å². The molecule has 1 heterocycles. The Morgan fingerprint density at radius 1 is 1.47 bits per heavy atom. The third kappa shape index (κ3) is 3.36. The van der Waals surface area contributed by atoms with Crippen LogP contribution in [0.2, 0.25) is 0 Å². The maximum absolute atomic E-state index is 5.54. The smallest absolute Gasteiger partial charge is 0.135 e. The summed E-state index contributed by atoms with van der Waals surface area (Å²) in [5, 5.41) is 3.53. The van der Waals surface area contributed by atoms with E-state index in [1.807, 2.05) is 12.1 Å². The molecule has 1 aliphatic heterocycles. The van der Waals surface area contributed by atoms with Crippen molar-refractivity contribution in [2.24, 2.45) is 0 Å². The minimum absolute atomic E-state index is 0.346. The van der Waals surface area contributed by atoms with Crippen molar-refractivity contribution in [1.29, 1.82) is 0 Å². The Balaban J connectivity index is 2.02. The van der Waals surface area contributed by atoms with Crippen molar-refractivity contribution in [2.75, 3.05) is 19.0 Å². The van der Waals surface area contributed by atoms with Gasteiger partial charge in [0.05, 0.1) is 17.7 Å². The Kier molecular flexibility index (Phi) is 4.29. The Morgan fingerprint density at radius 2 is 2.29 bits per heavy atom. The molecule has 1 aromatic rings. The lowest BCUT2D eigenvalue weighted by Gasteiger charge is -2.28. The van der Waals surface area contributed by atoms with Gasteiger partial charge in [0, 0.05) is 24.4 Å². The summed E-state index contributed by atoms with van der Waals surface area (Å²) in [6, 6.07) is 6.57. The van der Waals surface area contributed by atoms with E-state index >= 15 is 0 Å². The fraction of sp³-hybridized carbons (Fsp3) is 0.538. The monoisotopic (exact) mass is 299 g/mol. The molecule has 0 bridgehead atoms. The van der Waals surface area contributed by atoms with Gasteiger partial charge < -0.3 is 14.8 Å². The highest BCUT2D eigenvalue weighted by Gasteiger charge is 2.19. The van der Waals surface area contributed by atoms with Crippen LogP contribution in [0.3, 0.4) is 0 Å². The molecule has 0 aliphatic carbocycles. The van der Waals surface area contributed by atoms with E-state index in [4.69, 9.17) is 9.47 Å². The van der Waals surface area contributed by atoms with Crippen LogP contribution in [0.15, 0.2) is 22.7 Å². The highest BCUT2D eigenvalue weighted by Crippen LogP contribution is 2.29. The predicted molar refractivity (Wildman–Crippen MR) is 72.8 cm³/mol. The molecule has 17 heavy (non-hydrogen) atoms. The summed E-state index contributed by atoms with van der Waals surface area (Å²) < 4.78 is 11.8. The van der Waals surface area contributed by atoms with Crippen molar-refractivity contribution < 1.29 is 9.47 Å². The minimum Gasteiger partial charge on any atom is -0.495 e. The van der Waals surface area contributed by atoms with Crippen LogP contribution in [0.4, 0.5) is 5.69 Å². The normalized spacial score (nSPS) is 24.4. The summed E-state index contributed by atoms with van der Waals surface area (Å²) >= 11 is 3.45. The van der Waals surface area contributed by atoms with Gasteiger partial charge in [0.2, 0.25) is 0 Å². The van der Waals surface area contributed by atoms with Crippen LogP contribution in [-0.4, -0.2) is 25.9 Å². The van der Waals surface area contributed by atoms with E-state index in [0.717, 1.165) is 35.4 Å². The van der Waals surface area contributed by atoms with E-state index in [2.05, 4.69) is 34.2 Å². The molecular formula is C13H18BrNO2. The number of hydrogen-bond donors (Lipinski definition) is 1. The van der Waals surface area contributed by atoms with Gasteiger partial charge in [-0.15, -0.1) is 0 Å². The molecule has 2 rings (SSSR count). The molecule has 1 saturated heterocycles. The van der Waals surface area contributed by atoms with Crippen molar-refractivity contribution in [3.63, 3.8) is 0 Å². The number of nitrogens with one attached hydrogen (secondary N) is 1. The van der Waals surface area contributed by atoms with E-state index < -0.39 is 0 Å². The third-order valence-electron chi connectivity index (χ3n) is 3.01. The summed E-state index contributed by atoms with van der Waals surface area (Å²) in [4.78, 5) is 0.